The van der Waals surface area contributed by atoms with Crippen LogP contribution in [0.4, 0.5) is 5.69 Å². The number of esters is 1. The second-order valence-corrected chi connectivity index (χ2v) is 6.50. The van der Waals surface area contributed by atoms with Gasteiger partial charge in [0.2, 0.25) is 0 Å². The largest absolute Gasteiger partial charge is 0.467 e. The molecule has 1 N–H and O–H groups in total. The molecule has 1 fully saturated rings. The summed E-state index contributed by atoms with van der Waals surface area (Å²) >= 11 is 3.47. The van der Waals surface area contributed by atoms with Crippen molar-refractivity contribution in [3.8, 4) is 0 Å². The van der Waals surface area contributed by atoms with Crippen LogP contribution >= 0.6 is 15.9 Å². The summed E-state index contributed by atoms with van der Waals surface area (Å²) in [4.78, 5) is 12.3. The van der Waals surface area contributed by atoms with Crippen molar-refractivity contribution in [1.29, 1.82) is 0 Å². The van der Waals surface area contributed by atoms with Crippen LogP contribution in [0.25, 0.3) is 0 Å². The number of methoxy groups -OCH3 is 1. The molecule has 2 atom stereocenters. The average molecular weight is 340 g/mol. The zero-order valence-corrected chi connectivity index (χ0v) is 13.7. The fourth-order valence-electron chi connectivity index (χ4n) is 3.13. The molecule has 1 aliphatic rings. The molecule has 0 saturated heterocycles. The molecule has 4 heteroatoms. The molecule has 1 aromatic carbocycles. The number of carbonyl (C=O) groups excluding carboxylic acids is 1. The van der Waals surface area contributed by atoms with E-state index >= 15 is 0 Å². The third-order valence-corrected chi connectivity index (χ3v) is 4.71. The molecule has 110 valence electrons. The minimum absolute atomic E-state index is 0.143. The second kappa shape index (κ2) is 6.61. The van der Waals surface area contributed by atoms with Crippen LogP contribution < -0.4 is 5.32 Å². The van der Waals surface area contributed by atoms with Crippen molar-refractivity contribution in [2.45, 2.75) is 44.6 Å². The zero-order chi connectivity index (χ0) is 14.6. The van der Waals surface area contributed by atoms with Crippen molar-refractivity contribution in [3.63, 3.8) is 0 Å². The molecule has 1 aliphatic carbocycles. The summed E-state index contributed by atoms with van der Waals surface area (Å²) in [6, 6.07) is 7.94. The first-order valence-corrected chi connectivity index (χ1v) is 8.01. The summed E-state index contributed by atoms with van der Waals surface area (Å²) in [5, 5.41) is 3.45. The third-order valence-electron chi connectivity index (χ3n) is 4.21. The topological polar surface area (TPSA) is 38.3 Å². The first-order chi connectivity index (χ1) is 9.59. The van der Waals surface area contributed by atoms with Gasteiger partial charge in [0.25, 0.3) is 0 Å². The van der Waals surface area contributed by atoms with Gasteiger partial charge in [-0.2, -0.15) is 0 Å². The maximum Gasteiger partial charge on any atom is 0.331 e. The van der Waals surface area contributed by atoms with Crippen LogP contribution in [0.1, 0.15) is 39.0 Å². The molecular weight excluding hydrogens is 318 g/mol. The molecule has 3 nitrogen and oxygen atoms in total. The lowest BCUT2D eigenvalue weighted by Crippen LogP contribution is -2.50. The van der Waals surface area contributed by atoms with Crippen molar-refractivity contribution in [1.82, 2.24) is 0 Å². The minimum atomic E-state index is -0.575. The van der Waals surface area contributed by atoms with Crippen LogP contribution in [0.15, 0.2) is 28.7 Å². The van der Waals surface area contributed by atoms with Crippen LogP contribution in [0.3, 0.4) is 0 Å². The van der Waals surface area contributed by atoms with Gasteiger partial charge in [-0.25, -0.2) is 4.79 Å². The summed E-state index contributed by atoms with van der Waals surface area (Å²) in [5.74, 6) is 0.443. The molecule has 20 heavy (non-hydrogen) atoms. The highest BCUT2D eigenvalue weighted by Gasteiger charge is 2.43. The van der Waals surface area contributed by atoms with E-state index in [0.717, 1.165) is 35.8 Å². The predicted molar refractivity (Wildman–Crippen MR) is 84.8 cm³/mol. The van der Waals surface area contributed by atoms with Gasteiger partial charge in [0.1, 0.15) is 5.54 Å². The van der Waals surface area contributed by atoms with Gasteiger partial charge in [0.05, 0.1) is 7.11 Å². The maximum atomic E-state index is 12.3. The number of anilines is 1. The Kier molecular flexibility index (Phi) is 5.08. The van der Waals surface area contributed by atoms with Gasteiger partial charge in [0, 0.05) is 10.2 Å². The Labute approximate surface area is 129 Å². The second-order valence-electron chi connectivity index (χ2n) is 5.58. The van der Waals surface area contributed by atoms with Gasteiger partial charge < -0.3 is 10.1 Å². The number of hydrogen-bond donors (Lipinski definition) is 1. The Morgan fingerprint density at radius 2 is 2.35 bits per heavy atom. The molecule has 2 rings (SSSR count). The SMILES string of the molecule is CCC1CCCC(Nc2cccc(Br)c2)(C(=O)OC)C1. The van der Waals surface area contributed by atoms with Crippen LogP contribution in [-0.2, 0) is 9.53 Å². The summed E-state index contributed by atoms with van der Waals surface area (Å²) in [7, 11) is 1.47. The molecule has 0 bridgehead atoms. The molecule has 2 unspecified atom stereocenters. The minimum Gasteiger partial charge on any atom is -0.467 e. The summed E-state index contributed by atoms with van der Waals surface area (Å²) in [5.41, 5.74) is 0.385. The van der Waals surface area contributed by atoms with E-state index in [1.54, 1.807) is 0 Å². The summed E-state index contributed by atoms with van der Waals surface area (Å²) in [6.45, 7) is 2.19. The van der Waals surface area contributed by atoms with E-state index in [1.165, 1.54) is 13.5 Å². The number of nitrogens with one attached hydrogen (secondary N) is 1. The maximum absolute atomic E-state index is 12.3. The molecule has 0 radical (unpaired) electrons. The number of ether oxygens (including phenoxy) is 1. The van der Waals surface area contributed by atoms with Crippen LogP contribution in [0.5, 0.6) is 0 Å². The highest BCUT2D eigenvalue weighted by molar-refractivity contribution is 9.10. The molecule has 1 saturated carbocycles. The monoisotopic (exact) mass is 339 g/mol. The quantitative estimate of drug-likeness (QED) is 0.827. The fourth-order valence-corrected chi connectivity index (χ4v) is 3.52. The molecule has 0 spiro atoms. The van der Waals surface area contributed by atoms with Crippen molar-refractivity contribution in [3.05, 3.63) is 28.7 Å². The number of hydrogen-bond acceptors (Lipinski definition) is 3. The van der Waals surface area contributed by atoms with E-state index in [4.69, 9.17) is 4.74 Å². The van der Waals surface area contributed by atoms with Crippen LogP contribution in [-0.4, -0.2) is 18.6 Å². The van der Waals surface area contributed by atoms with Crippen LogP contribution in [0, 0.1) is 5.92 Å². The number of benzene rings is 1. The van der Waals surface area contributed by atoms with Gasteiger partial charge in [-0.05, 0) is 37.0 Å². The van der Waals surface area contributed by atoms with E-state index in [2.05, 4.69) is 28.2 Å². The van der Waals surface area contributed by atoms with Crippen molar-refractivity contribution < 1.29 is 9.53 Å². The van der Waals surface area contributed by atoms with Gasteiger partial charge in [0.15, 0.2) is 0 Å². The molecular formula is C16H22BrNO2. The standard InChI is InChI=1S/C16H22BrNO2/c1-3-12-6-5-9-16(11-12,15(19)20-2)18-14-8-4-7-13(17)10-14/h4,7-8,10,12,18H,3,5-6,9,11H2,1-2H3. The van der Waals surface area contributed by atoms with E-state index in [9.17, 15) is 4.79 Å². The molecule has 0 amide bonds. The molecule has 0 aliphatic heterocycles. The van der Waals surface area contributed by atoms with Gasteiger partial charge in [-0.3, -0.25) is 0 Å². The Morgan fingerprint density at radius 3 is 3.00 bits per heavy atom. The average Bonchev–Trinajstić information content (AvgIpc) is 2.46. The predicted octanol–water partition coefficient (Wildman–Crippen LogP) is 4.37. The Balaban J connectivity index is 2.25. The highest BCUT2D eigenvalue weighted by Crippen LogP contribution is 2.37. The van der Waals surface area contributed by atoms with Crippen molar-refractivity contribution >= 4 is 27.6 Å². The molecule has 1 aromatic rings. The van der Waals surface area contributed by atoms with Crippen molar-refractivity contribution in [2.24, 2.45) is 5.92 Å². The highest BCUT2D eigenvalue weighted by atomic mass is 79.9. The lowest BCUT2D eigenvalue weighted by Gasteiger charge is -2.39. The smallest absolute Gasteiger partial charge is 0.331 e. The summed E-state index contributed by atoms with van der Waals surface area (Å²) in [6.07, 6.45) is 5.06. The number of carbonyl (C=O) groups is 1. The number of halogens is 1. The van der Waals surface area contributed by atoms with E-state index < -0.39 is 5.54 Å². The fraction of sp³-hybridized carbons (Fsp3) is 0.562. The van der Waals surface area contributed by atoms with E-state index in [-0.39, 0.29) is 5.97 Å². The van der Waals surface area contributed by atoms with E-state index in [1.807, 2.05) is 24.3 Å². The summed E-state index contributed by atoms with van der Waals surface area (Å²) < 4.78 is 6.08. The van der Waals surface area contributed by atoms with Gasteiger partial charge in [-0.15, -0.1) is 0 Å². The van der Waals surface area contributed by atoms with Crippen LogP contribution in [0.2, 0.25) is 0 Å². The Hall–Kier alpha value is -1.03. The first kappa shape index (κ1) is 15.4. The normalized spacial score (nSPS) is 26.1. The Morgan fingerprint density at radius 1 is 1.55 bits per heavy atom. The first-order valence-electron chi connectivity index (χ1n) is 7.22. The third kappa shape index (κ3) is 3.35. The van der Waals surface area contributed by atoms with E-state index in [0.29, 0.717) is 5.92 Å². The van der Waals surface area contributed by atoms with Crippen molar-refractivity contribution in [2.75, 3.05) is 12.4 Å². The number of rotatable bonds is 4. The lowest BCUT2D eigenvalue weighted by molar-refractivity contribution is -0.147. The molecule has 0 heterocycles. The van der Waals surface area contributed by atoms with Gasteiger partial charge in [-0.1, -0.05) is 48.2 Å². The molecule has 0 aromatic heterocycles. The van der Waals surface area contributed by atoms with Gasteiger partial charge >= 0.3 is 5.97 Å². The Bertz CT molecular complexity index is 477. The zero-order valence-electron chi connectivity index (χ0n) is 12.1. The lowest BCUT2D eigenvalue weighted by atomic mass is 9.74.